The molecule has 13 heavy (non-hydrogen) atoms. The van der Waals surface area contributed by atoms with Gasteiger partial charge in [0.25, 0.3) is 0 Å². The molecule has 0 radical (unpaired) electrons. The third kappa shape index (κ3) is 7.72. The molecule has 0 aromatic heterocycles. The molecule has 0 bridgehead atoms. The van der Waals surface area contributed by atoms with Gasteiger partial charge in [0.1, 0.15) is 6.29 Å². The third-order valence-electron chi connectivity index (χ3n) is 2.24. The average molecular weight is 184 g/mol. The van der Waals surface area contributed by atoms with Crippen LogP contribution in [0.3, 0.4) is 0 Å². The molecule has 2 unspecified atom stereocenters. The normalized spacial score (nSPS) is 15.9. The number of hydrogen-bond donors (Lipinski definition) is 1. The van der Waals surface area contributed by atoms with Gasteiger partial charge >= 0.3 is 0 Å². The van der Waals surface area contributed by atoms with Crippen LogP contribution in [0.25, 0.3) is 0 Å². The Morgan fingerprint density at radius 3 is 2.62 bits per heavy atom. The van der Waals surface area contributed by atoms with E-state index in [0.717, 1.165) is 25.5 Å². The van der Waals surface area contributed by atoms with Gasteiger partial charge in [0.2, 0.25) is 0 Å². The monoisotopic (exact) mass is 184 g/mol. The molecule has 0 aliphatic heterocycles. The number of allylic oxidation sites excluding steroid dienone is 1. The van der Waals surface area contributed by atoms with Crippen LogP contribution in [0.2, 0.25) is 0 Å². The molecule has 0 aromatic carbocycles. The van der Waals surface area contributed by atoms with Crippen LogP contribution in [0.4, 0.5) is 0 Å². The smallest absolute Gasteiger partial charge is 0.123 e. The van der Waals surface area contributed by atoms with E-state index in [1.54, 1.807) is 12.2 Å². The van der Waals surface area contributed by atoms with Gasteiger partial charge in [-0.2, -0.15) is 0 Å². The highest BCUT2D eigenvalue weighted by molar-refractivity contribution is 5.51. The van der Waals surface area contributed by atoms with E-state index < -0.39 is 0 Å². The zero-order valence-corrected chi connectivity index (χ0v) is 8.57. The minimum absolute atomic E-state index is 0.381. The van der Waals surface area contributed by atoms with Crippen LogP contribution >= 0.6 is 0 Å². The third-order valence-corrected chi connectivity index (χ3v) is 2.24. The van der Waals surface area contributed by atoms with Crippen molar-refractivity contribution in [1.82, 2.24) is 0 Å². The molecule has 0 saturated heterocycles. The molecule has 2 atom stereocenters. The molecule has 1 N–H and O–H groups in total. The van der Waals surface area contributed by atoms with E-state index in [0.29, 0.717) is 12.3 Å². The molecular formula is C11H20O2. The molecular weight excluding hydrogens is 164 g/mol. The summed E-state index contributed by atoms with van der Waals surface area (Å²) >= 11 is 0. The van der Waals surface area contributed by atoms with Crippen LogP contribution in [0.15, 0.2) is 12.2 Å². The molecule has 0 aromatic rings. The summed E-state index contributed by atoms with van der Waals surface area (Å²) in [6.07, 6.45) is 7.27. The standard InChI is InChI=1S/C11H20O2/c1-3-10(2)7-8-11(13)6-4-5-9-12/h4,6,9-11,13H,3,5,7-8H2,1-2H3. The highest BCUT2D eigenvalue weighted by atomic mass is 16.3. The van der Waals surface area contributed by atoms with Gasteiger partial charge in [-0.3, -0.25) is 0 Å². The topological polar surface area (TPSA) is 37.3 Å². The second-order valence-corrected chi connectivity index (χ2v) is 3.49. The van der Waals surface area contributed by atoms with Crippen molar-refractivity contribution >= 4 is 6.29 Å². The predicted molar refractivity (Wildman–Crippen MR) is 54.5 cm³/mol. The second kappa shape index (κ2) is 7.99. The molecule has 0 aliphatic carbocycles. The van der Waals surface area contributed by atoms with Crippen molar-refractivity contribution in [3.8, 4) is 0 Å². The summed E-state index contributed by atoms with van der Waals surface area (Å²) in [7, 11) is 0. The van der Waals surface area contributed by atoms with Crippen molar-refractivity contribution in [2.45, 2.75) is 45.6 Å². The van der Waals surface area contributed by atoms with Gasteiger partial charge in [-0.05, 0) is 18.8 Å². The van der Waals surface area contributed by atoms with Crippen molar-refractivity contribution in [2.24, 2.45) is 5.92 Å². The summed E-state index contributed by atoms with van der Waals surface area (Å²) in [5.74, 6) is 0.675. The van der Waals surface area contributed by atoms with Crippen molar-refractivity contribution < 1.29 is 9.90 Å². The molecule has 0 rings (SSSR count). The van der Waals surface area contributed by atoms with Gasteiger partial charge in [-0.15, -0.1) is 0 Å². The second-order valence-electron chi connectivity index (χ2n) is 3.49. The Hall–Kier alpha value is -0.630. The largest absolute Gasteiger partial charge is 0.389 e. The molecule has 2 nitrogen and oxygen atoms in total. The Labute approximate surface area is 80.7 Å². The number of rotatable bonds is 7. The molecule has 2 heteroatoms. The maximum atomic E-state index is 9.97. The minimum Gasteiger partial charge on any atom is -0.389 e. The molecule has 0 heterocycles. The number of aldehydes is 1. The van der Waals surface area contributed by atoms with E-state index in [4.69, 9.17) is 0 Å². The first kappa shape index (κ1) is 12.4. The van der Waals surface area contributed by atoms with Crippen LogP contribution < -0.4 is 0 Å². The Balaban J connectivity index is 3.49. The number of hydrogen-bond acceptors (Lipinski definition) is 2. The summed E-state index contributed by atoms with van der Waals surface area (Å²) in [4.78, 5) is 9.97. The summed E-state index contributed by atoms with van der Waals surface area (Å²) in [5, 5.41) is 9.42. The maximum absolute atomic E-state index is 9.97. The number of aliphatic hydroxyl groups excluding tert-OH is 1. The average Bonchev–Trinajstić information content (AvgIpc) is 2.14. The zero-order chi connectivity index (χ0) is 10.1. The van der Waals surface area contributed by atoms with Crippen molar-refractivity contribution in [3.05, 3.63) is 12.2 Å². The van der Waals surface area contributed by atoms with Crippen LogP contribution in [0.1, 0.15) is 39.5 Å². The van der Waals surface area contributed by atoms with Crippen LogP contribution in [-0.4, -0.2) is 17.5 Å². The van der Waals surface area contributed by atoms with Gasteiger partial charge in [-0.1, -0.05) is 32.4 Å². The summed E-state index contributed by atoms with van der Waals surface area (Å²) < 4.78 is 0. The van der Waals surface area contributed by atoms with Crippen LogP contribution in [0, 0.1) is 5.92 Å². The predicted octanol–water partition coefficient (Wildman–Crippen LogP) is 2.32. The lowest BCUT2D eigenvalue weighted by atomic mass is 10.0. The number of carbonyl (C=O) groups excluding carboxylic acids is 1. The van der Waals surface area contributed by atoms with Crippen molar-refractivity contribution in [1.29, 1.82) is 0 Å². The van der Waals surface area contributed by atoms with Crippen LogP contribution in [0.5, 0.6) is 0 Å². The highest BCUT2D eigenvalue weighted by Crippen LogP contribution is 2.11. The molecule has 0 spiro atoms. The van der Waals surface area contributed by atoms with E-state index in [9.17, 15) is 9.90 Å². The number of aliphatic hydroxyl groups is 1. The molecule has 0 saturated carbocycles. The summed E-state index contributed by atoms with van der Waals surface area (Å²) in [6.45, 7) is 4.33. The Morgan fingerprint density at radius 1 is 1.38 bits per heavy atom. The molecule has 0 amide bonds. The van der Waals surface area contributed by atoms with E-state index >= 15 is 0 Å². The fourth-order valence-electron chi connectivity index (χ4n) is 1.05. The number of carbonyl (C=O) groups is 1. The Kier molecular flexibility index (Phi) is 7.60. The fourth-order valence-corrected chi connectivity index (χ4v) is 1.05. The molecule has 76 valence electrons. The van der Waals surface area contributed by atoms with Gasteiger partial charge in [0, 0.05) is 6.42 Å². The minimum atomic E-state index is -0.381. The van der Waals surface area contributed by atoms with Gasteiger partial charge < -0.3 is 9.90 Å². The lowest BCUT2D eigenvalue weighted by Gasteiger charge is -2.09. The Bertz CT molecular complexity index is 152. The first-order valence-corrected chi connectivity index (χ1v) is 4.99. The lowest BCUT2D eigenvalue weighted by Crippen LogP contribution is -2.04. The van der Waals surface area contributed by atoms with Gasteiger partial charge in [0.05, 0.1) is 6.10 Å². The summed E-state index contributed by atoms with van der Waals surface area (Å²) in [5.41, 5.74) is 0. The van der Waals surface area contributed by atoms with Gasteiger partial charge in [-0.25, -0.2) is 0 Å². The van der Waals surface area contributed by atoms with Crippen molar-refractivity contribution in [3.63, 3.8) is 0 Å². The van der Waals surface area contributed by atoms with Crippen molar-refractivity contribution in [2.75, 3.05) is 0 Å². The van der Waals surface area contributed by atoms with Crippen LogP contribution in [-0.2, 0) is 4.79 Å². The van der Waals surface area contributed by atoms with E-state index in [1.165, 1.54) is 0 Å². The highest BCUT2D eigenvalue weighted by Gasteiger charge is 2.02. The zero-order valence-electron chi connectivity index (χ0n) is 8.57. The first-order chi connectivity index (χ1) is 6.20. The maximum Gasteiger partial charge on any atom is 0.123 e. The summed E-state index contributed by atoms with van der Waals surface area (Å²) in [6, 6.07) is 0. The first-order valence-electron chi connectivity index (χ1n) is 4.99. The Morgan fingerprint density at radius 2 is 2.08 bits per heavy atom. The van der Waals surface area contributed by atoms with Gasteiger partial charge in [0.15, 0.2) is 0 Å². The SMILES string of the molecule is CCC(C)CCC(O)C=CCC=O. The quantitative estimate of drug-likeness (QED) is 0.487. The lowest BCUT2D eigenvalue weighted by molar-refractivity contribution is -0.107. The molecule has 0 aliphatic rings. The fraction of sp³-hybridized carbons (Fsp3) is 0.727. The van der Waals surface area contributed by atoms with E-state index in [2.05, 4.69) is 13.8 Å². The van der Waals surface area contributed by atoms with E-state index in [-0.39, 0.29) is 6.10 Å². The van der Waals surface area contributed by atoms with E-state index in [1.807, 2.05) is 0 Å². The molecule has 0 fully saturated rings.